The summed E-state index contributed by atoms with van der Waals surface area (Å²) in [7, 11) is 0. The van der Waals surface area contributed by atoms with E-state index in [2.05, 4.69) is 11.9 Å². The molecular formula is C5H10N2S. The number of thioether (sulfide) groups is 1. The number of aliphatic imine (C=N–C) groups is 1. The number of hydrogen-bond donors (Lipinski definition) is 1. The molecule has 8 heavy (non-hydrogen) atoms. The highest BCUT2D eigenvalue weighted by Crippen LogP contribution is 2.13. The molecule has 2 nitrogen and oxygen atoms in total. The fourth-order valence-electron chi connectivity index (χ4n) is 0.653. The van der Waals surface area contributed by atoms with E-state index in [1.807, 2.05) is 0 Å². The van der Waals surface area contributed by atoms with Gasteiger partial charge in [0.1, 0.15) is 0 Å². The lowest BCUT2D eigenvalue weighted by Crippen LogP contribution is -2.17. The van der Waals surface area contributed by atoms with Gasteiger partial charge in [-0.1, -0.05) is 11.8 Å². The predicted molar refractivity (Wildman–Crippen MR) is 38.2 cm³/mol. The average Bonchev–Trinajstić information content (AvgIpc) is 1.64. The van der Waals surface area contributed by atoms with Gasteiger partial charge in [-0.2, -0.15) is 0 Å². The highest BCUT2D eigenvalue weighted by atomic mass is 32.2. The van der Waals surface area contributed by atoms with Crippen molar-refractivity contribution in [3.05, 3.63) is 0 Å². The third kappa shape index (κ3) is 1.40. The number of hydrogen-bond acceptors (Lipinski definition) is 3. The van der Waals surface area contributed by atoms with Crippen LogP contribution in [-0.4, -0.2) is 17.0 Å². The van der Waals surface area contributed by atoms with E-state index in [-0.39, 0.29) is 0 Å². The van der Waals surface area contributed by atoms with Crippen molar-refractivity contribution in [3.63, 3.8) is 0 Å². The van der Waals surface area contributed by atoms with E-state index >= 15 is 0 Å². The van der Waals surface area contributed by atoms with Crippen molar-refractivity contribution in [1.82, 2.24) is 0 Å². The third-order valence-electron chi connectivity index (χ3n) is 1.13. The zero-order valence-electron chi connectivity index (χ0n) is 4.92. The van der Waals surface area contributed by atoms with Gasteiger partial charge < -0.3 is 5.73 Å². The molecule has 0 amide bonds. The molecule has 0 aromatic heterocycles. The van der Waals surface area contributed by atoms with Gasteiger partial charge >= 0.3 is 0 Å². The lowest BCUT2D eigenvalue weighted by Gasteiger charge is -2.12. The van der Waals surface area contributed by atoms with Gasteiger partial charge in [0.15, 0.2) is 5.17 Å². The van der Waals surface area contributed by atoms with Gasteiger partial charge in [-0.3, -0.25) is 4.99 Å². The molecule has 46 valence electrons. The maximum Gasteiger partial charge on any atom is 0.154 e. The zero-order chi connectivity index (χ0) is 5.98. The van der Waals surface area contributed by atoms with Crippen LogP contribution >= 0.6 is 11.8 Å². The Balaban J connectivity index is 2.50. The van der Waals surface area contributed by atoms with Crippen LogP contribution in [0.1, 0.15) is 13.3 Å². The van der Waals surface area contributed by atoms with Crippen LogP contribution in [-0.2, 0) is 0 Å². The average molecular weight is 130 g/mol. The van der Waals surface area contributed by atoms with E-state index in [1.54, 1.807) is 11.8 Å². The first-order valence-electron chi connectivity index (χ1n) is 2.75. The molecule has 1 rings (SSSR count). The first kappa shape index (κ1) is 5.95. The Kier molecular flexibility index (Phi) is 1.78. The van der Waals surface area contributed by atoms with Gasteiger partial charge in [0, 0.05) is 5.75 Å². The Labute approximate surface area is 53.6 Å². The van der Waals surface area contributed by atoms with Crippen LogP contribution in [0.5, 0.6) is 0 Å². The summed E-state index contributed by atoms with van der Waals surface area (Å²) in [5, 5.41) is 0.753. The summed E-state index contributed by atoms with van der Waals surface area (Å²) in [5.74, 6) is 1.14. The van der Waals surface area contributed by atoms with Gasteiger partial charge in [-0.25, -0.2) is 0 Å². The smallest absolute Gasteiger partial charge is 0.154 e. The fraction of sp³-hybridized carbons (Fsp3) is 0.800. The first-order valence-corrected chi connectivity index (χ1v) is 3.73. The van der Waals surface area contributed by atoms with Crippen molar-refractivity contribution in [2.75, 3.05) is 5.75 Å². The highest BCUT2D eigenvalue weighted by molar-refractivity contribution is 8.13. The Morgan fingerprint density at radius 2 is 2.62 bits per heavy atom. The minimum Gasteiger partial charge on any atom is -0.379 e. The van der Waals surface area contributed by atoms with E-state index in [0.29, 0.717) is 6.04 Å². The molecule has 0 radical (unpaired) electrons. The summed E-state index contributed by atoms with van der Waals surface area (Å²) >= 11 is 1.65. The number of amidine groups is 1. The Morgan fingerprint density at radius 3 is 3.00 bits per heavy atom. The SMILES string of the molecule is CC1CCSC(N)=N1. The topological polar surface area (TPSA) is 38.4 Å². The normalized spacial score (nSPS) is 29.6. The maximum absolute atomic E-state index is 5.44. The summed E-state index contributed by atoms with van der Waals surface area (Å²) in [6.45, 7) is 2.09. The molecular weight excluding hydrogens is 120 g/mol. The third-order valence-corrected chi connectivity index (χ3v) is 1.97. The minimum absolute atomic E-state index is 0.455. The number of nitrogens with two attached hydrogens (primary N) is 1. The van der Waals surface area contributed by atoms with Gasteiger partial charge in [0.2, 0.25) is 0 Å². The molecule has 0 fully saturated rings. The lowest BCUT2D eigenvalue weighted by molar-refractivity contribution is 0.719. The van der Waals surface area contributed by atoms with Gasteiger partial charge in [0.05, 0.1) is 6.04 Å². The van der Waals surface area contributed by atoms with Crippen molar-refractivity contribution < 1.29 is 0 Å². The summed E-state index contributed by atoms with van der Waals surface area (Å²) in [6, 6.07) is 0.455. The summed E-state index contributed by atoms with van der Waals surface area (Å²) in [6.07, 6.45) is 1.17. The van der Waals surface area contributed by atoms with Crippen LogP contribution in [0, 0.1) is 0 Å². The van der Waals surface area contributed by atoms with Gasteiger partial charge in [0.25, 0.3) is 0 Å². The van der Waals surface area contributed by atoms with Crippen molar-refractivity contribution in [1.29, 1.82) is 0 Å². The zero-order valence-corrected chi connectivity index (χ0v) is 5.74. The molecule has 3 heteroatoms. The van der Waals surface area contributed by atoms with Crippen LogP contribution < -0.4 is 5.73 Å². The molecule has 1 aliphatic rings. The van der Waals surface area contributed by atoms with E-state index in [9.17, 15) is 0 Å². The molecule has 1 unspecified atom stereocenters. The monoisotopic (exact) mass is 130 g/mol. The molecule has 2 N–H and O–H groups in total. The van der Waals surface area contributed by atoms with Crippen molar-refractivity contribution >= 4 is 16.9 Å². The van der Waals surface area contributed by atoms with E-state index in [1.165, 1.54) is 6.42 Å². The molecule has 0 saturated heterocycles. The molecule has 0 aromatic carbocycles. The van der Waals surface area contributed by atoms with Crippen LogP contribution in [0.3, 0.4) is 0 Å². The lowest BCUT2D eigenvalue weighted by atomic mass is 10.3. The second kappa shape index (κ2) is 2.40. The summed E-state index contributed by atoms with van der Waals surface area (Å²) in [5.41, 5.74) is 5.44. The molecule has 0 spiro atoms. The van der Waals surface area contributed by atoms with E-state index in [0.717, 1.165) is 10.9 Å². The summed E-state index contributed by atoms with van der Waals surface area (Å²) in [4.78, 5) is 4.14. The quantitative estimate of drug-likeness (QED) is 0.527. The number of rotatable bonds is 0. The second-order valence-electron chi connectivity index (χ2n) is 1.95. The van der Waals surface area contributed by atoms with Crippen LogP contribution in [0.4, 0.5) is 0 Å². The molecule has 0 saturated carbocycles. The predicted octanol–water partition coefficient (Wildman–Crippen LogP) is 0.827. The number of nitrogens with zero attached hydrogens (tertiary/aromatic N) is 1. The fourth-order valence-corrected chi connectivity index (χ4v) is 1.58. The Morgan fingerprint density at radius 1 is 1.88 bits per heavy atom. The molecule has 1 aliphatic heterocycles. The van der Waals surface area contributed by atoms with Gasteiger partial charge in [-0.15, -0.1) is 0 Å². The molecule has 0 aromatic rings. The Hall–Kier alpha value is -0.180. The van der Waals surface area contributed by atoms with Crippen LogP contribution in [0.2, 0.25) is 0 Å². The summed E-state index contributed by atoms with van der Waals surface area (Å²) < 4.78 is 0. The van der Waals surface area contributed by atoms with E-state index in [4.69, 9.17) is 5.73 Å². The molecule has 0 aliphatic carbocycles. The van der Waals surface area contributed by atoms with E-state index < -0.39 is 0 Å². The standard InChI is InChI=1S/C5H10N2S/c1-4-2-3-8-5(6)7-4/h4H,2-3H2,1H3,(H2,6,7). The Bertz CT molecular complexity index is 111. The molecule has 1 atom stereocenters. The van der Waals surface area contributed by atoms with Gasteiger partial charge in [-0.05, 0) is 13.3 Å². The first-order chi connectivity index (χ1) is 3.79. The molecule has 1 heterocycles. The largest absolute Gasteiger partial charge is 0.379 e. The minimum atomic E-state index is 0.455. The van der Waals surface area contributed by atoms with Crippen molar-refractivity contribution in [2.24, 2.45) is 10.7 Å². The van der Waals surface area contributed by atoms with Crippen molar-refractivity contribution in [3.8, 4) is 0 Å². The maximum atomic E-state index is 5.44. The van der Waals surface area contributed by atoms with Crippen LogP contribution in [0.25, 0.3) is 0 Å². The molecule has 0 bridgehead atoms. The highest BCUT2D eigenvalue weighted by Gasteiger charge is 2.06. The van der Waals surface area contributed by atoms with Crippen LogP contribution in [0.15, 0.2) is 4.99 Å². The van der Waals surface area contributed by atoms with Crippen molar-refractivity contribution in [2.45, 2.75) is 19.4 Å². The second-order valence-corrected chi connectivity index (χ2v) is 3.07.